The van der Waals surface area contributed by atoms with E-state index in [0.29, 0.717) is 17.7 Å². The number of benzene rings is 1. The highest BCUT2D eigenvalue weighted by Gasteiger charge is 2.33. The molecule has 1 aliphatic rings. The number of pyridine rings is 1. The first-order chi connectivity index (χ1) is 14.1. The fourth-order valence-corrected chi connectivity index (χ4v) is 3.37. The zero-order valence-electron chi connectivity index (χ0n) is 15.6. The number of nitrogens with one attached hydrogen (secondary N) is 2. The van der Waals surface area contributed by atoms with Crippen molar-refractivity contribution in [1.29, 1.82) is 0 Å². The Morgan fingerprint density at radius 2 is 1.93 bits per heavy atom. The molecule has 2 aromatic rings. The van der Waals surface area contributed by atoms with Gasteiger partial charge in [0.05, 0.1) is 16.1 Å². The van der Waals surface area contributed by atoms with E-state index < -0.39 is 30.0 Å². The molecule has 1 aliphatic heterocycles. The maximum absolute atomic E-state index is 12.9. The lowest BCUT2D eigenvalue weighted by molar-refractivity contribution is -0.141. The molecule has 0 aliphatic carbocycles. The smallest absolute Gasteiger partial charge is 0.353 e. The normalized spacial score (nSPS) is 18.0. The summed E-state index contributed by atoms with van der Waals surface area (Å²) in [5.41, 5.74) is -0.246. The molecule has 160 valence electrons. The molecule has 1 unspecified atom stereocenters. The minimum absolute atomic E-state index is 0.221. The second-order valence-corrected chi connectivity index (χ2v) is 7.51. The standard InChI is InChI=1S/C19H17Cl2F3N4O2/c1-10-17(29)25-6-7-28(10)18(30)27-16(11-2-4-13(20)14(21)8-11)12-3-5-15(26-9-12)19(22,23)24/h2-5,8-10,16H,6-7H2,1H3,(H,25,29)(H,27,30)/t10-,16?/m1/s1. The van der Waals surface area contributed by atoms with Gasteiger partial charge in [-0.3, -0.25) is 9.78 Å². The summed E-state index contributed by atoms with van der Waals surface area (Å²) in [6, 6.07) is 4.60. The van der Waals surface area contributed by atoms with Crippen molar-refractivity contribution in [2.24, 2.45) is 0 Å². The minimum Gasteiger partial charge on any atom is -0.353 e. The number of aromatic nitrogens is 1. The highest BCUT2D eigenvalue weighted by atomic mass is 35.5. The largest absolute Gasteiger partial charge is 0.433 e. The minimum atomic E-state index is -4.59. The van der Waals surface area contributed by atoms with Crippen LogP contribution in [0.1, 0.15) is 29.8 Å². The van der Waals surface area contributed by atoms with Crippen LogP contribution in [-0.4, -0.2) is 41.0 Å². The topological polar surface area (TPSA) is 74.3 Å². The third kappa shape index (κ3) is 4.79. The van der Waals surface area contributed by atoms with Crippen LogP contribution in [0.3, 0.4) is 0 Å². The molecule has 0 spiro atoms. The molecule has 2 heterocycles. The Morgan fingerprint density at radius 1 is 1.23 bits per heavy atom. The molecule has 11 heteroatoms. The molecule has 3 amide bonds. The molecule has 0 radical (unpaired) electrons. The molecule has 0 bridgehead atoms. The zero-order valence-corrected chi connectivity index (χ0v) is 17.1. The van der Waals surface area contributed by atoms with E-state index in [1.807, 2.05) is 0 Å². The Morgan fingerprint density at radius 3 is 2.53 bits per heavy atom. The fraction of sp³-hybridized carbons (Fsp3) is 0.316. The van der Waals surface area contributed by atoms with Gasteiger partial charge in [-0.05, 0) is 36.2 Å². The predicted molar refractivity (Wildman–Crippen MR) is 105 cm³/mol. The lowest BCUT2D eigenvalue weighted by atomic mass is 10.00. The van der Waals surface area contributed by atoms with Crippen molar-refractivity contribution in [3.63, 3.8) is 0 Å². The Bertz CT molecular complexity index is 954. The summed E-state index contributed by atoms with van der Waals surface area (Å²) in [4.78, 5) is 29.5. The van der Waals surface area contributed by atoms with Crippen molar-refractivity contribution in [2.75, 3.05) is 13.1 Å². The highest BCUT2D eigenvalue weighted by Crippen LogP contribution is 2.31. The molecule has 2 atom stereocenters. The quantitative estimate of drug-likeness (QED) is 0.725. The Kier molecular flexibility index (Phi) is 6.42. The highest BCUT2D eigenvalue weighted by molar-refractivity contribution is 6.42. The van der Waals surface area contributed by atoms with Crippen LogP contribution in [0.25, 0.3) is 0 Å². The van der Waals surface area contributed by atoms with Crippen molar-refractivity contribution in [2.45, 2.75) is 25.2 Å². The first-order valence-electron chi connectivity index (χ1n) is 8.91. The van der Waals surface area contributed by atoms with Crippen molar-refractivity contribution < 1.29 is 22.8 Å². The Balaban J connectivity index is 1.94. The maximum atomic E-state index is 12.9. The number of urea groups is 1. The van der Waals surface area contributed by atoms with E-state index in [1.165, 1.54) is 23.1 Å². The van der Waals surface area contributed by atoms with E-state index in [-0.39, 0.29) is 22.5 Å². The molecule has 0 saturated carbocycles. The van der Waals surface area contributed by atoms with Gasteiger partial charge in [-0.2, -0.15) is 13.2 Å². The molecule has 30 heavy (non-hydrogen) atoms. The first kappa shape index (κ1) is 22.2. The van der Waals surface area contributed by atoms with Crippen LogP contribution in [0, 0.1) is 0 Å². The third-order valence-electron chi connectivity index (χ3n) is 4.71. The Labute approximate surface area is 180 Å². The number of amides is 3. The summed E-state index contributed by atoms with van der Waals surface area (Å²) in [5, 5.41) is 5.93. The van der Waals surface area contributed by atoms with Crippen LogP contribution < -0.4 is 10.6 Å². The monoisotopic (exact) mass is 460 g/mol. The molecular weight excluding hydrogens is 444 g/mol. The second-order valence-electron chi connectivity index (χ2n) is 6.69. The molecule has 3 rings (SSSR count). The van der Waals surface area contributed by atoms with Crippen molar-refractivity contribution in [1.82, 2.24) is 20.5 Å². The van der Waals surface area contributed by atoms with E-state index in [9.17, 15) is 22.8 Å². The van der Waals surface area contributed by atoms with Crippen molar-refractivity contribution in [3.8, 4) is 0 Å². The van der Waals surface area contributed by atoms with Crippen LogP contribution >= 0.6 is 23.2 Å². The van der Waals surface area contributed by atoms with Gasteiger partial charge in [0.25, 0.3) is 0 Å². The molecule has 1 aromatic heterocycles. The van der Waals surface area contributed by atoms with Gasteiger partial charge in [0.15, 0.2) is 0 Å². The number of piperazine rings is 1. The summed E-state index contributed by atoms with van der Waals surface area (Å²) in [6.45, 7) is 2.18. The lowest BCUT2D eigenvalue weighted by Crippen LogP contribution is -2.58. The van der Waals surface area contributed by atoms with Crippen LogP contribution in [0.4, 0.5) is 18.0 Å². The molecular formula is C19H17Cl2F3N4O2. The second kappa shape index (κ2) is 8.69. The Hall–Kier alpha value is -2.52. The maximum Gasteiger partial charge on any atom is 0.433 e. The van der Waals surface area contributed by atoms with Gasteiger partial charge in [0, 0.05) is 19.3 Å². The van der Waals surface area contributed by atoms with E-state index >= 15 is 0 Å². The molecule has 2 N–H and O–H groups in total. The van der Waals surface area contributed by atoms with Gasteiger partial charge < -0.3 is 15.5 Å². The number of rotatable bonds is 3. The van der Waals surface area contributed by atoms with Crippen LogP contribution in [0.2, 0.25) is 10.0 Å². The predicted octanol–water partition coefficient (Wildman–Crippen LogP) is 4.03. The van der Waals surface area contributed by atoms with Crippen LogP contribution in [0.5, 0.6) is 0 Å². The van der Waals surface area contributed by atoms with Crippen LogP contribution in [0.15, 0.2) is 36.5 Å². The molecule has 1 fully saturated rings. The van der Waals surface area contributed by atoms with Gasteiger partial charge >= 0.3 is 12.2 Å². The number of hydrogen-bond donors (Lipinski definition) is 2. The van der Waals surface area contributed by atoms with Gasteiger partial charge in [0.1, 0.15) is 11.7 Å². The summed E-state index contributed by atoms with van der Waals surface area (Å²) in [5.74, 6) is -0.293. The average molecular weight is 461 g/mol. The van der Waals surface area contributed by atoms with Gasteiger partial charge in [-0.1, -0.05) is 35.3 Å². The molecule has 1 aromatic carbocycles. The zero-order chi connectivity index (χ0) is 22.1. The number of hydrogen-bond acceptors (Lipinski definition) is 3. The third-order valence-corrected chi connectivity index (χ3v) is 5.45. The number of carbonyl (C=O) groups excluding carboxylic acids is 2. The number of alkyl halides is 3. The summed E-state index contributed by atoms with van der Waals surface area (Å²) >= 11 is 12.0. The number of halogens is 5. The van der Waals surface area contributed by atoms with Crippen LogP contribution in [-0.2, 0) is 11.0 Å². The summed E-state index contributed by atoms with van der Waals surface area (Å²) in [7, 11) is 0. The average Bonchev–Trinajstić information content (AvgIpc) is 2.69. The van der Waals surface area contributed by atoms with Gasteiger partial charge in [-0.15, -0.1) is 0 Å². The van der Waals surface area contributed by atoms with Crippen molar-refractivity contribution >= 4 is 35.1 Å². The molecule has 6 nitrogen and oxygen atoms in total. The van der Waals surface area contributed by atoms with Gasteiger partial charge in [-0.25, -0.2) is 4.79 Å². The fourth-order valence-electron chi connectivity index (χ4n) is 3.06. The first-order valence-corrected chi connectivity index (χ1v) is 9.66. The van der Waals surface area contributed by atoms with E-state index in [2.05, 4.69) is 15.6 Å². The lowest BCUT2D eigenvalue weighted by Gasteiger charge is -2.34. The van der Waals surface area contributed by atoms with E-state index in [4.69, 9.17) is 23.2 Å². The number of carbonyl (C=O) groups is 2. The van der Waals surface area contributed by atoms with E-state index in [0.717, 1.165) is 12.3 Å². The van der Waals surface area contributed by atoms with Gasteiger partial charge in [0.2, 0.25) is 5.91 Å². The van der Waals surface area contributed by atoms with E-state index in [1.54, 1.807) is 13.0 Å². The molecule has 1 saturated heterocycles. The summed E-state index contributed by atoms with van der Waals surface area (Å²) < 4.78 is 38.6. The van der Waals surface area contributed by atoms with Crippen molar-refractivity contribution in [3.05, 3.63) is 63.4 Å². The SMILES string of the molecule is C[C@@H]1C(=O)NCCN1C(=O)NC(c1ccc(C(F)(F)F)nc1)c1ccc(Cl)c(Cl)c1. The summed E-state index contributed by atoms with van der Waals surface area (Å²) in [6.07, 6.45) is -3.54. The number of nitrogens with zero attached hydrogens (tertiary/aromatic N) is 2.